The summed E-state index contributed by atoms with van der Waals surface area (Å²) in [6.07, 6.45) is 0. The van der Waals surface area contributed by atoms with E-state index < -0.39 is 0 Å². The second kappa shape index (κ2) is 6.58. The summed E-state index contributed by atoms with van der Waals surface area (Å²) >= 11 is 0. The molecule has 0 radical (unpaired) electrons. The molecule has 1 aliphatic rings. The van der Waals surface area contributed by atoms with Crippen molar-refractivity contribution in [1.29, 1.82) is 0 Å². The van der Waals surface area contributed by atoms with E-state index in [1.807, 2.05) is 12.1 Å². The van der Waals surface area contributed by atoms with Crippen molar-refractivity contribution in [2.75, 3.05) is 25.0 Å². The first-order valence-electron chi connectivity index (χ1n) is 7.21. The van der Waals surface area contributed by atoms with Gasteiger partial charge < -0.3 is 15.4 Å². The second-order valence-corrected chi connectivity index (χ2v) is 5.14. The van der Waals surface area contributed by atoms with Crippen LogP contribution in [0.4, 0.5) is 10.1 Å². The number of hydrogen-bond acceptors (Lipinski definition) is 4. The summed E-state index contributed by atoms with van der Waals surface area (Å²) < 4.78 is 18.3. The molecule has 0 fully saturated rings. The number of fused-ring (bicyclic) bond motifs is 1. The Morgan fingerprint density at radius 2 is 2.05 bits per heavy atom. The molecule has 0 unspecified atom stereocenters. The van der Waals surface area contributed by atoms with Crippen LogP contribution in [-0.4, -0.2) is 25.5 Å². The molecule has 0 saturated carbocycles. The number of ketones is 1. The maximum absolute atomic E-state index is 12.8. The highest BCUT2D eigenvalue weighted by atomic mass is 19.1. The van der Waals surface area contributed by atoms with Gasteiger partial charge in [-0.1, -0.05) is 12.1 Å². The summed E-state index contributed by atoms with van der Waals surface area (Å²) in [5.41, 5.74) is 2.44. The lowest BCUT2D eigenvalue weighted by Gasteiger charge is -2.19. The molecule has 0 spiro atoms. The predicted molar refractivity (Wildman–Crippen MR) is 82.9 cm³/mol. The summed E-state index contributed by atoms with van der Waals surface area (Å²) in [7, 11) is 0. The Hall–Kier alpha value is -2.40. The van der Waals surface area contributed by atoms with Crippen LogP contribution in [0.5, 0.6) is 5.75 Å². The molecule has 0 amide bonds. The Labute approximate surface area is 128 Å². The smallest absolute Gasteiger partial charge is 0.176 e. The Morgan fingerprint density at radius 3 is 2.86 bits per heavy atom. The van der Waals surface area contributed by atoms with Gasteiger partial charge in [-0.05, 0) is 35.9 Å². The van der Waals surface area contributed by atoms with Gasteiger partial charge in [-0.15, -0.1) is 0 Å². The number of carbonyl (C=O) groups excluding carboxylic acids is 1. The minimum absolute atomic E-state index is 0.0114. The molecule has 1 aliphatic heterocycles. The Morgan fingerprint density at radius 1 is 1.23 bits per heavy atom. The fraction of sp³-hybridized carbons (Fsp3) is 0.235. The third-order valence-corrected chi connectivity index (χ3v) is 3.50. The van der Waals surface area contributed by atoms with Crippen LogP contribution in [0.15, 0.2) is 42.5 Å². The van der Waals surface area contributed by atoms with Crippen molar-refractivity contribution in [3.63, 3.8) is 0 Å². The van der Waals surface area contributed by atoms with E-state index in [2.05, 4.69) is 10.6 Å². The highest BCUT2D eigenvalue weighted by Crippen LogP contribution is 2.28. The van der Waals surface area contributed by atoms with Crippen LogP contribution in [0.3, 0.4) is 0 Å². The fourth-order valence-corrected chi connectivity index (χ4v) is 2.34. The minimum atomic E-state index is -0.261. The van der Waals surface area contributed by atoms with Crippen LogP contribution in [0.25, 0.3) is 0 Å². The summed E-state index contributed by atoms with van der Waals surface area (Å²) in [5.74, 6) is 0.531. The summed E-state index contributed by atoms with van der Waals surface area (Å²) in [6, 6.07) is 11.6. The number of hydrogen-bond donors (Lipinski definition) is 2. The van der Waals surface area contributed by atoms with Crippen molar-refractivity contribution < 1.29 is 13.9 Å². The first kappa shape index (κ1) is 14.5. The number of nitrogens with one attached hydrogen (secondary N) is 2. The largest absolute Gasteiger partial charge is 0.490 e. The molecule has 2 aromatic rings. The lowest BCUT2D eigenvalue weighted by Crippen LogP contribution is -2.23. The van der Waals surface area contributed by atoms with Gasteiger partial charge in [0.1, 0.15) is 18.2 Å². The van der Waals surface area contributed by atoms with E-state index in [0.29, 0.717) is 18.7 Å². The van der Waals surface area contributed by atoms with Crippen molar-refractivity contribution >= 4 is 11.5 Å². The molecule has 5 heteroatoms. The van der Waals surface area contributed by atoms with Gasteiger partial charge in [0, 0.05) is 18.7 Å². The van der Waals surface area contributed by atoms with Crippen LogP contribution in [0.1, 0.15) is 15.9 Å². The zero-order valence-electron chi connectivity index (χ0n) is 12.1. The molecular weight excluding hydrogens is 283 g/mol. The molecule has 1 heterocycles. The maximum Gasteiger partial charge on any atom is 0.176 e. The van der Waals surface area contributed by atoms with E-state index in [9.17, 15) is 9.18 Å². The van der Waals surface area contributed by atoms with Crippen molar-refractivity contribution in [2.24, 2.45) is 0 Å². The van der Waals surface area contributed by atoms with E-state index in [4.69, 9.17) is 4.74 Å². The van der Waals surface area contributed by atoms with Crippen LogP contribution in [0, 0.1) is 5.82 Å². The number of carbonyl (C=O) groups is 1. The first-order valence-corrected chi connectivity index (χ1v) is 7.21. The molecule has 0 saturated heterocycles. The first-order chi connectivity index (χ1) is 10.7. The molecule has 2 aromatic carbocycles. The third kappa shape index (κ3) is 3.43. The predicted octanol–water partition coefficient (Wildman–Crippen LogP) is 2.60. The van der Waals surface area contributed by atoms with Crippen LogP contribution < -0.4 is 15.4 Å². The molecule has 114 valence electrons. The standard InChI is InChI=1S/C17H17FN2O2/c18-14-4-1-12(2-5-14)10-19-11-16(21)13-3-6-17-15(9-13)20-7-8-22-17/h1-6,9,19-20H,7-8,10-11H2. The van der Waals surface area contributed by atoms with Gasteiger partial charge in [-0.25, -0.2) is 4.39 Å². The average Bonchev–Trinajstić information content (AvgIpc) is 2.56. The van der Waals surface area contributed by atoms with Crippen LogP contribution in [0.2, 0.25) is 0 Å². The minimum Gasteiger partial charge on any atom is -0.490 e. The van der Waals surface area contributed by atoms with E-state index >= 15 is 0 Å². The Bertz CT molecular complexity index is 671. The fourth-order valence-electron chi connectivity index (χ4n) is 2.34. The topological polar surface area (TPSA) is 50.4 Å². The highest BCUT2D eigenvalue weighted by molar-refractivity contribution is 5.98. The van der Waals surface area contributed by atoms with Gasteiger partial charge >= 0.3 is 0 Å². The number of Topliss-reactive ketones (excluding diaryl/α,β-unsaturated/α-hetero) is 1. The van der Waals surface area contributed by atoms with E-state index in [0.717, 1.165) is 23.5 Å². The monoisotopic (exact) mass is 300 g/mol. The summed E-state index contributed by atoms with van der Waals surface area (Å²) in [5, 5.41) is 6.29. The molecule has 2 N–H and O–H groups in total. The Balaban J connectivity index is 1.56. The van der Waals surface area contributed by atoms with Gasteiger partial charge in [-0.3, -0.25) is 4.79 Å². The maximum atomic E-state index is 12.8. The molecule has 4 nitrogen and oxygen atoms in total. The Kier molecular flexibility index (Phi) is 4.34. The average molecular weight is 300 g/mol. The lowest BCUT2D eigenvalue weighted by molar-refractivity contribution is 0.0991. The number of benzene rings is 2. The SMILES string of the molecule is O=C(CNCc1ccc(F)cc1)c1ccc2c(c1)NCCO2. The molecular formula is C17H17FN2O2. The van der Waals surface area contributed by atoms with Crippen molar-refractivity contribution in [1.82, 2.24) is 5.32 Å². The quantitative estimate of drug-likeness (QED) is 0.833. The summed E-state index contributed by atoms with van der Waals surface area (Å²) in [4.78, 5) is 12.2. The highest BCUT2D eigenvalue weighted by Gasteiger charge is 2.13. The van der Waals surface area contributed by atoms with Crippen molar-refractivity contribution in [3.05, 3.63) is 59.4 Å². The zero-order valence-corrected chi connectivity index (χ0v) is 12.1. The number of halogens is 1. The molecule has 0 bridgehead atoms. The molecule has 0 aromatic heterocycles. The van der Waals surface area contributed by atoms with Crippen molar-refractivity contribution in [3.8, 4) is 5.75 Å². The molecule has 22 heavy (non-hydrogen) atoms. The van der Waals surface area contributed by atoms with Gasteiger partial charge in [-0.2, -0.15) is 0 Å². The van der Waals surface area contributed by atoms with Crippen molar-refractivity contribution in [2.45, 2.75) is 6.54 Å². The van der Waals surface area contributed by atoms with Crippen LogP contribution in [-0.2, 0) is 6.54 Å². The van der Waals surface area contributed by atoms with E-state index in [1.165, 1.54) is 12.1 Å². The third-order valence-electron chi connectivity index (χ3n) is 3.50. The second-order valence-electron chi connectivity index (χ2n) is 5.14. The molecule has 0 aliphatic carbocycles. The van der Waals surface area contributed by atoms with E-state index in [1.54, 1.807) is 18.2 Å². The zero-order chi connectivity index (χ0) is 15.4. The van der Waals surface area contributed by atoms with Gasteiger partial charge in [0.05, 0.1) is 12.2 Å². The molecule has 3 rings (SSSR count). The molecule has 0 atom stereocenters. The van der Waals surface area contributed by atoms with Gasteiger partial charge in [0.15, 0.2) is 5.78 Å². The lowest BCUT2D eigenvalue weighted by atomic mass is 10.1. The van der Waals surface area contributed by atoms with Gasteiger partial charge in [0.25, 0.3) is 0 Å². The number of anilines is 1. The number of ether oxygens (including phenoxy) is 1. The number of rotatable bonds is 5. The normalized spacial score (nSPS) is 13.0. The van der Waals surface area contributed by atoms with Crippen LogP contribution >= 0.6 is 0 Å². The summed E-state index contributed by atoms with van der Waals surface area (Å²) in [6.45, 7) is 2.14. The van der Waals surface area contributed by atoms with E-state index in [-0.39, 0.29) is 18.1 Å². The van der Waals surface area contributed by atoms with Gasteiger partial charge in [0.2, 0.25) is 0 Å².